The van der Waals surface area contributed by atoms with E-state index < -0.39 is 17.7 Å². The number of ether oxygens (including phenoxy) is 1. The summed E-state index contributed by atoms with van der Waals surface area (Å²) in [5.74, 6) is -0.676. The molecule has 8 heteroatoms. The molecule has 0 aromatic heterocycles. The van der Waals surface area contributed by atoms with E-state index in [1.807, 2.05) is 11.0 Å². The van der Waals surface area contributed by atoms with Gasteiger partial charge in [0.05, 0.1) is 12.2 Å². The maximum absolute atomic E-state index is 12.8. The van der Waals surface area contributed by atoms with Crippen molar-refractivity contribution in [2.45, 2.75) is 13.1 Å². The lowest BCUT2D eigenvalue weighted by Gasteiger charge is -2.35. The molecule has 1 aromatic rings. The SMILES string of the molecule is CCOC(=O)/C(C#N)=C/N1CCN(c2cccc(C(F)(F)F)c2)CC1. The maximum atomic E-state index is 12.8. The topological polar surface area (TPSA) is 56.6 Å². The molecule has 0 atom stereocenters. The first-order valence-corrected chi connectivity index (χ1v) is 7.80. The lowest BCUT2D eigenvalue weighted by atomic mass is 10.1. The molecule has 1 aliphatic heterocycles. The molecule has 2 rings (SSSR count). The van der Waals surface area contributed by atoms with E-state index in [0.29, 0.717) is 31.9 Å². The van der Waals surface area contributed by atoms with Gasteiger partial charge in [-0.15, -0.1) is 0 Å². The number of rotatable bonds is 4. The number of piperazine rings is 1. The van der Waals surface area contributed by atoms with Crippen LogP contribution in [0, 0.1) is 11.3 Å². The van der Waals surface area contributed by atoms with E-state index in [1.165, 1.54) is 12.3 Å². The number of nitrogens with zero attached hydrogens (tertiary/aromatic N) is 3. The van der Waals surface area contributed by atoms with E-state index in [9.17, 15) is 18.0 Å². The number of hydrogen-bond acceptors (Lipinski definition) is 5. The van der Waals surface area contributed by atoms with Crippen LogP contribution >= 0.6 is 0 Å². The number of anilines is 1. The summed E-state index contributed by atoms with van der Waals surface area (Å²) in [5, 5.41) is 9.03. The van der Waals surface area contributed by atoms with Crippen LogP contribution in [0.15, 0.2) is 36.0 Å². The van der Waals surface area contributed by atoms with Crippen LogP contribution in [0.5, 0.6) is 0 Å². The average Bonchev–Trinajstić information content (AvgIpc) is 2.59. The number of hydrogen-bond donors (Lipinski definition) is 0. The third-order valence-corrected chi connectivity index (χ3v) is 3.78. The van der Waals surface area contributed by atoms with Crippen LogP contribution in [0.3, 0.4) is 0 Å². The van der Waals surface area contributed by atoms with Crippen molar-refractivity contribution in [3.8, 4) is 6.07 Å². The summed E-state index contributed by atoms with van der Waals surface area (Å²) in [5.41, 5.74) is -0.264. The summed E-state index contributed by atoms with van der Waals surface area (Å²) < 4.78 is 43.2. The van der Waals surface area contributed by atoms with Crippen LogP contribution in [-0.2, 0) is 15.7 Å². The fourth-order valence-electron chi connectivity index (χ4n) is 2.51. The molecule has 0 radical (unpaired) electrons. The Hall–Kier alpha value is -2.69. The average molecular weight is 353 g/mol. The van der Waals surface area contributed by atoms with E-state index in [-0.39, 0.29) is 12.2 Å². The summed E-state index contributed by atoms with van der Waals surface area (Å²) >= 11 is 0. The van der Waals surface area contributed by atoms with Crippen molar-refractivity contribution in [1.82, 2.24) is 4.90 Å². The van der Waals surface area contributed by atoms with Gasteiger partial charge in [-0.05, 0) is 25.1 Å². The second kappa shape index (κ2) is 7.92. The normalized spacial score (nSPS) is 15.7. The van der Waals surface area contributed by atoms with E-state index in [4.69, 9.17) is 10.00 Å². The zero-order chi connectivity index (χ0) is 18.4. The van der Waals surface area contributed by atoms with Crippen molar-refractivity contribution in [3.63, 3.8) is 0 Å². The number of esters is 1. The van der Waals surface area contributed by atoms with Gasteiger partial charge in [-0.1, -0.05) is 6.07 Å². The largest absolute Gasteiger partial charge is 0.462 e. The lowest BCUT2D eigenvalue weighted by Crippen LogP contribution is -2.44. The van der Waals surface area contributed by atoms with Crippen molar-refractivity contribution in [2.75, 3.05) is 37.7 Å². The second-order valence-electron chi connectivity index (χ2n) is 5.45. The van der Waals surface area contributed by atoms with E-state index in [0.717, 1.165) is 12.1 Å². The molecule has 0 spiro atoms. The predicted molar refractivity (Wildman–Crippen MR) is 85.6 cm³/mol. The quantitative estimate of drug-likeness (QED) is 0.473. The highest BCUT2D eigenvalue weighted by Crippen LogP contribution is 2.31. The Morgan fingerprint density at radius 2 is 2.00 bits per heavy atom. The Balaban J connectivity index is 2.02. The third kappa shape index (κ3) is 4.89. The second-order valence-corrected chi connectivity index (χ2v) is 5.45. The van der Waals surface area contributed by atoms with Crippen LogP contribution in [0.2, 0.25) is 0 Å². The highest BCUT2D eigenvalue weighted by atomic mass is 19.4. The standard InChI is InChI=1S/C17H18F3N3O2/c1-2-25-16(24)13(11-21)12-22-6-8-23(9-7-22)15-5-3-4-14(10-15)17(18,19)20/h3-5,10,12H,2,6-9H2,1H3/b13-12+. The Labute approximate surface area is 143 Å². The number of benzene rings is 1. The molecule has 0 N–H and O–H groups in total. The molecule has 0 unspecified atom stereocenters. The lowest BCUT2D eigenvalue weighted by molar-refractivity contribution is -0.138. The van der Waals surface area contributed by atoms with E-state index in [1.54, 1.807) is 17.9 Å². The first kappa shape index (κ1) is 18.6. The van der Waals surface area contributed by atoms with Crippen molar-refractivity contribution in [2.24, 2.45) is 0 Å². The smallest absolute Gasteiger partial charge is 0.416 e. The van der Waals surface area contributed by atoms with Gasteiger partial charge in [0, 0.05) is 38.1 Å². The molecule has 0 aliphatic carbocycles. The molecule has 1 saturated heterocycles. The van der Waals surface area contributed by atoms with Gasteiger partial charge >= 0.3 is 12.1 Å². The molecule has 0 bridgehead atoms. The highest BCUT2D eigenvalue weighted by Gasteiger charge is 2.31. The summed E-state index contributed by atoms with van der Waals surface area (Å²) in [4.78, 5) is 15.2. The summed E-state index contributed by atoms with van der Waals surface area (Å²) in [6.07, 6.45) is -2.93. The molecule has 25 heavy (non-hydrogen) atoms. The third-order valence-electron chi connectivity index (χ3n) is 3.78. The Bertz CT molecular complexity index is 687. The zero-order valence-corrected chi connectivity index (χ0v) is 13.7. The van der Waals surface area contributed by atoms with Crippen LogP contribution in [-0.4, -0.2) is 43.7 Å². The van der Waals surface area contributed by atoms with Gasteiger partial charge in [-0.25, -0.2) is 4.79 Å². The molecule has 1 aromatic carbocycles. The van der Waals surface area contributed by atoms with Gasteiger partial charge in [0.2, 0.25) is 0 Å². The van der Waals surface area contributed by atoms with Gasteiger partial charge in [0.1, 0.15) is 6.07 Å². The van der Waals surface area contributed by atoms with Crippen molar-refractivity contribution >= 4 is 11.7 Å². The molecule has 0 amide bonds. The highest BCUT2D eigenvalue weighted by molar-refractivity contribution is 5.92. The first-order chi connectivity index (χ1) is 11.8. The number of nitriles is 1. The molecule has 1 heterocycles. The summed E-state index contributed by atoms with van der Waals surface area (Å²) in [6, 6.07) is 7.01. The van der Waals surface area contributed by atoms with Crippen LogP contribution in [0.4, 0.5) is 18.9 Å². The summed E-state index contributed by atoms with van der Waals surface area (Å²) in [7, 11) is 0. The van der Waals surface area contributed by atoms with Crippen LogP contribution < -0.4 is 4.90 Å². The Kier molecular flexibility index (Phi) is 5.91. The monoisotopic (exact) mass is 353 g/mol. The molecule has 1 aliphatic rings. The van der Waals surface area contributed by atoms with Gasteiger partial charge in [0.25, 0.3) is 0 Å². The predicted octanol–water partition coefficient (Wildman–Crippen LogP) is 2.80. The fraction of sp³-hybridized carbons (Fsp3) is 0.412. The van der Waals surface area contributed by atoms with Gasteiger partial charge in [-0.2, -0.15) is 18.4 Å². The Morgan fingerprint density at radius 1 is 1.32 bits per heavy atom. The van der Waals surface area contributed by atoms with Crippen molar-refractivity contribution in [1.29, 1.82) is 5.26 Å². The van der Waals surface area contributed by atoms with Gasteiger partial charge < -0.3 is 14.5 Å². The summed E-state index contributed by atoms with van der Waals surface area (Å²) in [6.45, 7) is 3.78. The number of alkyl halides is 3. The van der Waals surface area contributed by atoms with E-state index >= 15 is 0 Å². The minimum Gasteiger partial charge on any atom is -0.462 e. The molecular formula is C17H18F3N3O2. The Morgan fingerprint density at radius 3 is 2.56 bits per heavy atom. The number of carbonyl (C=O) groups excluding carboxylic acids is 1. The molecule has 0 saturated carbocycles. The molecular weight excluding hydrogens is 335 g/mol. The minimum absolute atomic E-state index is 0.0885. The molecule has 1 fully saturated rings. The maximum Gasteiger partial charge on any atom is 0.416 e. The van der Waals surface area contributed by atoms with Crippen LogP contribution in [0.1, 0.15) is 12.5 Å². The van der Waals surface area contributed by atoms with Crippen molar-refractivity contribution in [3.05, 3.63) is 41.6 Å². The molecule has 5 nitrogen and oxygen atoms in total. The van der Waals surface area contributed by atoms with Gasteiger partial charge in [-0.3, -0.25) is 0 Å². The van der Waals surface area contributed by atoms with Crippen LogP contribution in [0.25, 0.3) is 0 Å². The molecule has 134 valence electrons. The minimum atomic E-state index is -4.37. The number of carbonyl (C=O) groups is 1. The van der Waals surface area contributed by atoms with Gasteiger partial charge in [0.15, 0.2) is 5.57 Å². The number of halogens is 3. The van der Waals surface area contributed by atoms with E-state index in [2.05, 4.69) is 0 Å². The zero-order valence-electron chi connectivity index (χ0n) is 13.7. The first-order valence-electron chi connectivity index (χ1n) is 7.80. The van der Waals surface area contributed by atoms with Crippen molar-refractivity contribution < 1.29 is 22.7 Å². The fourth-order valence-corrected chi connectivity index (χ4v) is 2.51.